The molecule has 3 aliphatic heterocycles. The molecule has 3 heterocycles. The van der Waals surface area contributed by atoms with Crippen LogP contribution in [-0.2, 0) is 11.2 Å². The maximum absolute atomic E-state index is 13.6. The maximum atomic E-state index is 13.6. The number of piperidine rings is 3. The van der Waals surface area contributed by atoms with E-state index >= 15 is 0 Å². The summed E-state index contributed by atoms with van der Waals surface area (Å²) < 4.78 is 33.0. The van der Waals surface area contributed by atoms with Gasteiger partial charge in [-0.3, -0.25) is 4.90 Å². The Morgan fingerprint density at radius 3 is 2.47 bits per heavy atom. The van der Waals surface area contributed by atoms with E-state index in [1.807, 2.05) is 18.2 Å². The molecule has 1 aliphatic carbocycles. The number of carbonyl (C=O) groups excluding carboxylic acids is 1. The van der Waals surface area contributed by atoms with E-state index in [9.17, 15) is 13.6 Å². The quantitative estimate of drug-likeness (QED) is 0.785. The Morgan fingerprint density at radius 1 is 1.00 bits per heavy atom. The molecule has 2 aromatic carbocycles. The number of nitrogens with one attached hydrogen (secondary N) is 1. The molecule has 0 radical (unpaired) electrons. The van der Waals surface area contributed by atoms with Gasteiger partial charge in [-0.05, 0) is 85.5 Å². The van der Waals surface area contributed by atoms with E-state index in [1.54, 1.807) is 0 Å². The number of ether oxygens (including phenoxy) is 1. The molecule has 4 aliphatic rings. The van der Waals surface area contributed by atoms with Gasteiger partial charge in [0.15, 0.2) is 0 Å². The molecular formula is C24H26F2N2O2. The van der Waals surface area contributed by atoms with E-state index in [1.165, 1.54) is 12.1 Å². The normalized spacial score (nSPS) is 27.4. The highest BCUT2D eigenvalue weighted by atomic mass is 19.1. The summed E-state index contributed by atoms with van der Waals surface area (Å²) in [7, 11) is 0. The van der Waals surface area contributed by atoms with Crippen molar-refractivity contribution >= 4 is 6.09 Å². The van der Waals surface area contributed by atoms with Crippen molar-refractivity contribution in [2.75, 3.05) is 19.6 Å². The molecule has 3 fully saturated rings. The smallest absolute Gasteiger partial charge is 0.407 e. The molecule has 6 rings (SSSR count). The Balaban J connectivity index is 1.30. The topological polar surface area (TPSA) is 41.6 Å². The first-order chi connectivity index (χ1) is 14.5. The van der Waals surface area contributed by atoms with E-state index in [4.69, 9.17) is 4.74 Å². The number of carbonyl (C=O) groups is 1. The first kappa shape index (κ1) is 19.5. The zero-order valence-corrected chi connectivity index (χ0v) is 16.9. The van der Waals surface area contributed by atoms with Crippen molar-refractivity contribution in [3.8, 4) is 11.1 Å². The number of benzene rings is 2. The molecule has 158 valence electrons. The van der Waals surface area contributed by atoms with Gasteiger partial charge in [0.25, 0.3) is 0 Å². The molecule has 0 spiro atoms. The van der Waals surface area contributed by atoms with Crippen molar-refractivity contribution in [3.63, 3.8) is 0 Å². The molecule has 1 unspecified atom stereocenters. The van der Waals surface area contributed by atoms with Crippen LogP contribution in [0.25, 0.3) is 11.1 Å². The van der Waals surface area contributed by atoms with Crippen LogP contribution >= 0.6 is 0 Å². The number of hydrogen-bond acceptors (Lipinski definition) is 3. The first-order valence-electron chi connectivity index (χ1n) is 10.8. The van der Waals surface area contributed by atoms with Gasteiger partial charge in [-0.25, -0.2) is 13.6 Å². The molecule has 4 nitrogen and oxygen atoms in total. The predicted octanol–water partition coefficient (Wildman–Crippen LogP) is 4.83. The minimum atomic E-state index is -0.585. The van der Waals surface area contributed by atoms with Crippen molar-refractivity contribution in [3.05, 3.63) is 59.2 Å². The summed E-state index contributed by atoms with van der Waals surface area (Å²) in [5.41, 5.74) is 3.47. The summed E-state index contributed by atoms with van der Waals surface area (Å²) in [6, 6.07) is 9.28. The van der Waals surface area contributed by atoms with E-state index in [2.05, 4.69) is 10.2 Å². The lowest BCUT2D eigenvalue weighted by Gasteiger charge is -2.44. The largest absolute Gasteiger partial charge is 0.445 e. The second-order valence-electron chi connectivity index (χ2n) is 8.74. The second-order valence-corrected chi connectivity index (χ2v) is 8.74. The third-order valence-electron chi connectivity index (χ3n) is 6.80. The number of hydrogen-bond donors (Lipinski definition) is 1. The zero-order chi connectivity index (χ0) is 20.7. The molecule has 0 aromatic heterocycles. The molecule has 2 atom stereocenters. The summed E-state index contributed by atoms with van der Waals surface area (Å²) in [5, 5.41) is 3.06. The summed E-state index contributed by atoms with van der Waals surface area (Å²) in [4.78, 5) is 15.0. The molecule has 30 heavy (non-hydrogen) atoms. The summed E-state index contributed by atoms with van der Waals surface area (Å²) in [6.45, 7) is 3.06. The number of alkyl carbamates (subject to hydrolysis) is 1. The monoisotopic (exact) mass is 412 g/mol. The van der Waals surface area contributed by atoms with Gasteiger partial charge in [0, 0.05) is 12.6 Å². The Bertz CT molecular complexity index is 936. The molecule has 0 saturated carbocycles. The highest BCUT2D eigenvalue weighted by molar-refractivity contribution is 5.69. The van der Waals surface area contributed by atoms with Gasteiger partial charge in [-0.1, -0.05) is 18.2 Å². The molecule has 2 bridgehead atoms. The minimum Gasteiger partial charge on any atom is -0.445 e. The van der Waals surface area contributed by atoms with Crippen molar-refractivity contribution in [1.82, 2.24) is 10.2 Å². The molecule has 6 heteroatoms. The summed E-state index contributed by atoms with van der Waals surface area (Å²) in [5.74, 6) is -0.691. The lowest BCUT2D eigenvalue weighted by Crippen LogP contribution is -2.52. The van der Waals surface area contributed by atoms with Crippen LogP contribution < -0.4 is 5.32 Å². The van der Waals surface area contributed by atoms with Crippen LogP contribution in [0.15, 0.2) is 36.4 Å². The third kappa shape index (κ3) is 3.93. The van der Waals surface area contributed by atoms with Crippen molar-refractivity contribution in [2.45, 2.75) is 44.2 Å². The number of amides is 1. The third-order valence-corrected chi connectivity index (χ3v) is 6.80. The average molecular weight is 412 g/mol. The maximum Gasteiger partial charge on any atom is 0.407 e. The van der Waals surface area contributed by atoms with Crippen LogP contribution in [0.4, 0.5) is 13.6 Å². The van der Waals surface area contributed by atoms with E-state index < -0.39 is 11.6 Å². The Morgan fingerprint density at radius 2 is 1.77 bits per heavy atom. The second kappa shape index (κ2) is 7.99. The SMILES string of the molecule is O=C(NC1CCCc2cc(-c3cc(F)cc(F)c3)ccc21)O[C@H]1CN2CCC1CC2. The number of nitrogens with zero attached hydrogens (tertiary/aromatic N) is 1. The highest BCUT2D eigenvalue weighted by Gasteiger charge is 2.37. The zero-order valence-electron chi connectivity index (χ0n) is 16.9. The average Bonchev–Trinajstić information content (AvgIpc) is 2.74. The van der Waals surface area contributed by atoms with Gasteiger partial charge < -0.3 is 10.1 Å². The van der Waals surface area contributed by atoms with E-state index in [-0.39, 0.29) is 18.2 Å². The van der Waals surface area contributed by atoms with Crippen molar-refractivity contribution < 1.29 is 18.3 Å². The fourth-order valence-corrected chi connectivity index (χ4v) is 5.22. The van der Waals surface area contributed by atoms with Gasteiger partial charge >= 0.3 is 6.09 Å². The molecule has 3 saturated heterocycles. The van der Waals surface area contributed by atoms with Gasteiger partial charge in [-0.2, -0.15) is 0 Å². The molecular weight excluding hydrogens is 386 g/mol. The Kier molecular flexibility index (Phi) is 5.19. The van der Waals surface area contributed by atoms with Crippen LogP contribution in [0.2, 0.25) is 0 Å². The lowest BCUT2D eigenvalue weighted by atomic mass is 9.85. The van der Waals surface area contributed by atoms with Crippen molar-refractivity contribution in [1.29, 1.82) is 0 Å². The number of fused-ring (bicyclic) bond motifs is 4. The number of halogens is 2. The predicted molar refractivity (Wildman–Crippen MR) is 110 cm³/mol. The highest BCUT2D eigenvalue weighted by Crippen LogP contribution is 2.34. The van der Waals surface area contributed by atoms with Crippen LogP contribution in [-0.4, -0.2) is 36.7 Å². The Hall–Kier alpha value is -2.47. The van der Waals surface area contributed by atoms with Crippen LogP contribution in [0, 0.1) is 17.6 Å². The lowest BCUT2D eigenvalue weighted by molar-refractivity contribution is -0.0340. The van der Waals surface area contributed by atoms with Gasteiger partial charge in [0.05, 0.1) is 6.04 Å². The van der Waals surface area contributed by atoms with Crippen molar-refractivity contribution in [2.24, 2.45) is 5.92 Å². The van der Waals surface area contributed by atoms with Crippen LogP contribution in [0.1, 0.15) is 42.9 Å². The molecule has 1 N–H and O–H groups in total. The van der Waals surface area contributed by atoms with E-state index in [0.29, 0.717) is 11.5 Å². The molecule has 2 aromatic rings. The van der Waals surface area contributed by atoms with Gasteiger partial charge in [0.2, 0.25) is 0 Å². The summed E-state index contributed by atoms with van der Waals surface area (Å²) in [6.07, 6.45) is 4.54. The standard InChI is InChI=1S/C24H26F2N2O2/c25-19-11-18(12-20(26)13-19)16-4-5-21-17(10-16)2-1-3-22(21)27-24(29)30-23-14-28-8-6-15(23)7-9-28/h4-5,10-13,15,22-23H,1-3,6-9,14H2,(H,27,29)/t22?,23-/m0/s1. The van der Waals surface area contributed by atoms with Crippen LogP contribution in [0.3, 0.4) is 0 Å². The first-order valence-corrected chi connectivity index (χ1v) is 10.8. The Labute approximate surface area is 175 Å². The molecule has 1 amide bonds. The number of rotatable bonds is 3. The van der Waals surface area contributed by atoms with Gasteiger partial charge in [-0.15, -0.1) is 0 Å². The summed E-state index contributed by atoms with van der Waals surface area (Å²) >= 11 is 0. The van der Waals surface area contributed by atoms with Gasteiger partial charge in [0.1, 0.15) is 17.7 Å². The van der Waals surface area contributed by atoms with Crippen LogP contribution in [0.5, 0.6) is 0 Å². The number of aryl methyl sites for hydroxylation is 1. The fraction of sp³-hybridized carbons (Fsp3) is 0.458. The minimum absolute atomic E-state index is 0.0131. The fourth-order valence-electron chi connectivity index (χ4n) is 5.22. The van der Waals surface area contributed by atoms with E-state index in [0.717, 1.165) is 74.5 Å².